The minimum Gasteiger partial charge on any atom is -0.489 e. The maximum atomic E-state index is 10.3. The first-order valence-electron chi connectivity index (χ1n) is 8.71. The fourth-order valence-electron chi connectivity index (χ4n) is 2.71. The number of ether oxygens (including phenoxy) is 1. The number of nitrogens with one attached hydrogen (secondary N) is 1. The number of rotatable bonds is 8. The van der Waals surface area contributed by atoms with Crippen molar-refractivity contribution in [3.05, 3.63) is 99.0 Å². The summed E-state index contributed by atoms with van der Waals surface area (Å²) in [4.78, 5) is 0. The third-order valence-electron chi connectivity index (χ3n) is 4.17. The minimum absolute atomic E-state index is 0.465. The van der Waals surface area contributed by atoms with Crippen molar-refractivity contribution in [2.24, 2.45) is 0 Å². The molecule has 3 aromatic carbocycles. The number of hydrogen-bond donors (Lipinski definition) is 2. The van der Waals surface area contributed by atoms with Crippen LogP contribution in [0.1, 0.15) is 22.8 Å². The van der Waals surface area contributed by atoms with Crippen LogP contribution in [0.2, 0.25) is 5.02 Å². The normalized spacial score (nSPS) is 12.0. The van der Waals surface area contributed by atoms with Gasteiger partial charge in [0.1, 0.15) is 12.4 Å². The first-order valence-corrected chi connectivity index (χ1v) is 9.88. The van der Waals surface area contributed by atoms with Crippen molar-refractivity contribution in [1.29, 1.82) is 0 Å². The number of benzene rings is 3. The lowest BCUT2D eigenvalue weighted by molar-refractivity contribution is 0.174. The average molecular weight is 447 g/mol. The van der Waals surface area contributed by atoms with Crippen LogP contribution >= 0.6 is 27.5 Å². The van der Waals surface area contributed by atoms with Gasteiger partial charge in [-0.1, -0.05) is 70.0 Å². The molecule has 0 spiro atoms. The first kappa shape index (κ1) is 19.9. The monoisotopic (exact) mass is 445 g/mol. The summed E-state index contributed by atoms with van der Waals surface area (Å²) in [6.07, 6.45) is -0.545. The highest BCUT2D eigenvalue weighted by molar-refractivity contribution is 9.10. The number of aliphatic hydroxyl groups excluding tert-OH is 1. The van der Waals surface area contributed by atoms with E-state index in [0.717, 1.165) is 26.9 Å². The Kier molecular flexibility index (Phi) is 7.30. The molecule has 3 aromatic rings. The smallest absolute Gasteiger partial charge is 0.124 e. The first-order chi connectivity index (χ1) is 13.1. The summed E-state index contributed by atoms with van der Waals surface area (Å²) in [6.45, 7) is 1.53. The van der Waals surface area contributed by atoms with Gasteiger partial charge in [-0.05, 0) is 41.5 Å². The van der Waals surface area contributed by atoms with Crippen molar-refractivity contribution < 1.29 is 9.84 Å². The summed E-state index contributed by atoms with van der Waals surface area (Å²) in [6, 6.07) is 23.2. The largest absolute Gasteiger partial charge is 0.489 e. The van der Waals surface area contributed by atoms with Crippen LogP contribution in [-0.2, 0) is 13.2 Å². The van der Waals surface area contributed by atoms with E-state index in [9.17, 15) is 5.11 Å². The molecule has 0 bridgehead atoms. The van der Waals surface area contributed by atoms with Gasteiger partial charge < -0.3 is 15.2 Å². The minimum atomic E-state index is -0.545. The van der Waals surface area contributed by atoms with Gasteiger partial charge in [-0.25, -0.2) is 0 Å². The molecule has 0 heterocycles. The fourth-order valence-corrected chi connectivity index (χ4v) is 3.24. The highest BCUT2D eigenvalue weighted by Crippen LogP contribution is 2.24. The molecule has 140 valence electrons. The van der Waals surface area contributed by atoms with Crippen molar-refractivity contribution in [2.75, 3.05) is 6.54 Å². The molecular weight excluding hydrogens is 426 g/mol. The summed E-state index contributed by atoms with van der Waals surface area (Å²) in [5, 5.41) is 14.3. The average Bonchev–Trinajstić information content (AvgIpc) is 2.69. The van der Waals surface area contributed by atoms with E-state index in [1.54, 1.807) is 0 Å². The molecular formula is C22H21BrClNO2. The van der Waals surface area contributed by atoms with Gasteiger partial charge in [0, 0.05) is 28.1 Å². The topological polar surface area (TPSA) is 41.5 Å². The Morgan fingerprint density at radius 3 is 2.48 bits per heavy atom. The Balaban J connectivity index is 1.59. The zero-order chi connectivity index (χ0) is 19.1. The zero-order valence-corrected chi connectivity index (χ0v) is 17.1. The second-order valence-corrected chi connectivity index (χ2v) is 7.58. The van der Waals surface area contributed by atoms with E-state index in [0.29, 0.717) is 24.7 Å². The Bertz CT molecular complexity index is 856. The summed E-state index contributed by atoms with van der Waals surface area (Å²) < 4.78 is 6.98. The molecule has 5 heteroatoms. The van der Waals surface area contributed by atoms with Crippen molar-refractivity contribution in [1.82, 2.24) is 5.32 Å². The second kappa shape index (κ2) is 9.90. The molecule has 0 saturated carbocycles. The molecule has 2 N–H and O–H groups in total. The third-order valence-corrected chi connectivity index (χ3v) is 4.91. The molecule has 3 rings (SSSR count). The molecule has 0 saturated heterocycles. The molecule has 27 heavy (non-hydrogen) atoms. The second-order valence-electron chi connectivity index (χ2n) is 6.22. The highest BCUT2D eigenvalue weighted by Gasteiger charge is 2.09. The third kappa shape index (κ3) is 6.08. The van der Waals surface area contributed by atoms with Crippen LogP contribution in [-0.4, -0.2) is 11.7 Å². The van der Waals surface area contributed by atoms with Crippen molar-refractivity contribution in [2.45, 2.75) is 19.3 Å². The van der Waals surface area contributed by atoms with Crippen LogP contribution in [0.5, 0.6) is 5.75 Å². The zero-order valence-electron chi connectivity index (χ0n) is 14.7. The maximum Gasteiger partial charge on any atom is 0.124 e. The Labute approximate surface area is 173 Å². The molecule has 3 nitrogen and oxygen atoms in total. The van der Waals surface area contributed by atoms with Gasteiger partial charge in [-0.2, -0.15) is 0 Å². The maximum absolute atomic E-state index is 10.3. The van der Waals surface area contributed by atoms with Gasteiger partial charge in [-0.3, -0.25) is 0 Å². The molecule has 0 fully saturated rings. The van der Waals surface area contributed by atoms with E-state index < -0.39 is 6.10 Å². The predicted molar refractivity (Wildman–Crippen MR) is 113 cm³/mol. The Hall–Kier alpha value is -1.85. The molecule has 0 amide bonds. The van der Waals surface area contributed by atoms with Crippen molar-refractivity contribution in [3.63, 3.8) is 0 Å². The van der Waals surface area contributed by atoms with Crippen LogP contribution in [0, 0.1) is 0 Å². The Morgan fingerprint density at radius 1 is 1.00 bits per heavy atom. The molecule has 0 radical (unpaired) electrons. The van der Waals surface area contributed by atoms with E-state index in [4.69, 9.17) is 16.3 Å². The lowest BCUT2D eigenvalue weighted by Gasteiger charge is -2.15. The summed E-state index contributed by atoms with van der Waals surface area (Å²) in [5.74, 6) is 0.815. The number of aliphatic hydroxyl groups is 1. The molecule has 0 unspecified atom stereocenters. The summed E-state index contributed by atoms with van der Waals surface area (Å²) in [5.41, 5.74) is 2.98. The lowest BCUT2D eigenvalue weighted by atomic mass is 10.1. The van der Waals surface area contributed by atoms with Crippen molar-refractivity contribution in [3.8, 4) is 5.75 Å². The summed E-state index contributed by atoms with van der Waals surface area (Å²) >= 11 is 9.43. The quantitative estimate of drug-likeness (QED) is 0.480. The molecule has 0 aromatic heterocycles. The predicted octanol–water partition coefficient (Wildman–Crippen LogP) is 5.50. The van der Waals surface area contributed by atoms with E-state index in [1.807, 2.05) is 72.8 Å². The van der Waals surface area contributed by atoms with Gasteiger partial charge in [0.2, 0.25) is 0 Å². The van der Waals surface area contributed by atoms with E-state index in [-0.39, 0.29) is 0 Å². The van der Waals surface area contributed by atoms with Gasteiger partial charge in [0.25, 0.3) is 0 Å². The molecule has 0 aliphatic carbocycles. The van der Waals surface area contributed by atoms with Crippen LogP contribution in [0.25, 0.3) is 0 Å². The lowest BCUT2D eigenvalue weighted by Crippen LogP contribution is -2.21. The van der Waals surface area contributed by atoms with Crippen LogP contribution < -0.4 is 10.1 Å². The van der Waals surface area contributed by atoms with Crippen LogP contribution in [0.4, 0.5) is 0 Å². The van der Waals surface area contributed by atoms with Gasteiger partial charge in [-0.15, -0.1) is 0 Å². The van der Waals surface area contributed by atoms with Crippen LogP contribution in [0.15, 0.2) is 77.3 Å². The van der Waals surface area contributed by atoms with E-state index in [1.165, 1.54) is 0 Å². The molecule has 0 aliphatic heterocycles. The van der Waals surface area contributed by atoms with Crippen molar-refractivity contribution >= 4 is 27.5 Å². The van der Waals surface area contributed by atoms with Crippen LogP contribution in [0.3, 0.4) is 0 Å². The SMILES string of the molecule is O[C@@H](CNCc1cc(Br)ccc1OCc1ccc(Cl)cc1)c1ccccc1. The van der Waals surface area contributed by atoms with E-state index >= 15 is 0 Å². The van der Waals surface area contributed by atoms with E-state index in [2.05, 4.69) is 21.2 Å². The van der Waals surface area contributed by atoms with Gasteiger partial charge in [0.05, 0.1) is 6.10 Å². The fraction of sp³-hybridized carbons (Fsp3) is 0.182. The number of halogens is 2. The summed E-state index contributed by atoms with van der Waals surface area (Å²) in [7, 11) is 0. The highest BCUT2D eigenvalue weighted by atomic mass is 79.9. The van der Waals surface area contributed by atoms with Gasteiger partial charge in [0.15, 0.2) is 0 Å². The molecule has 1 atom stereocenters. The van der Waals surface area contributed by atoms with Gasteiger partial charge >= 0.3 is 0 Å². The standard InChI is InChI=1S/C22H21BrClNO2/c23-19-8-11-22(27-15-16-6-9-20(24)10-7-16)18(12-19)13-25-14-21(26)17-4-2-1-3-5-17/h1-12,21,25-26H,13-15H2/t21-/m0/s1. The molecule has 0 aliphatic rings. The Morgan fingerprint density at radius 2 is 1.74 bits per heavy atom. The number of hydrogen-bond acceptors (Lipinski definition) is 3.